The van der Waals surface area contributed by atoms with Gasteiger partial charge in [0.1, 0.15) is 5.82 Å². The number of likely N-dealkylation sites (tertiary alicyclic amines) is 1. The first-order chi connectivity index (χ1) is 12.5. The minimum Gasteiger partial charge on any atom is -0.343 e. The first kappa shape index (κ1) is 18.1. The molecule has 0 bridgehead atoms. The highest BCUT2D eigenvalue weighted by Gasteiger charge is 2.23. The fourth-order valence-corrected chi connectivity index (χ4v) is 3.34. The molecule has 136 valence electrons. The lowest BCUT2D eigenvalue weighted by molar-refractivity contribution is -0.130. The Labute approximate surface area is 153 Å². The van der Waals surface area contributed by atoms with E-state index >= 15 is 0 Å². The van der Waals surface area contributed by atoms with E-state index in [1.807, 2.05) is 30.3 Å². The van der Waals surface area contributed by atoms with Crippen LogP contribution >= 0.6 is 0 Å². The maximum Gasteiger partial charge on any atom is 0.224 e. The van der Waals surface area contributed by atoms with Gasteiger partial charge in [0.05, 0.1) is 5.69 Å². The van der Waals surface area contributed by atoms with Gasteiger partial charge in [-0.05, 0) is 42.0 Å². The summed E-state index contributed by atoms with van der Waals surface area (Å²) in [6, 6.07) is 14.4. The van der Waals surface area contributed by atoms with Gasteiger partial charge in [-0.3, -0.25) is 9.59 Å². The summed E-state index contributed by atoms with van der Waals surface area (Å²) in [5.41, 5.74) is 1.91. The molecule has 0 saturated carbocycles. The van der Waals surface area contributed by atoms with Crippen LogP contribution in [0.4, 0.5) is 10.1 Å². The highest BCUT2D eigenvalue weighted by Crippen LogP contribution is 2.25. The first-order valence-corrected chi connectivity index (χ1v) is 8.93. The Bertz CT molecular complexity index is 784. The van der Waals surface area contributed by atoms with Crippen LogP contribution in [0.2, 0.25) is 0 Å². The van der Waals surface area contributed by atoms with Gasteiger partial charge in [-0.2, -0.15) is 0 Å². The molecule has 1 fully saturated rings. The van der Waals surface area contributed by atoms with E-state index < -0.39 is 5.82 Å². The molecule has 1 aliphatic heterocycles. The van der Waals surface area contributed by atoms with Crippen LogP contribution in [0.3, 0.4) is 0 Å². The average molecular weight is 354 g/mol. The molecule has 1 saturated heterocycles. The number of piperidine rings is 1. The van der Waals surface area contributed by atoms with Crippen LogP contribution in [-0.4, -0.2) is 29.8 Å². The molecule has 5 heteroatoms. The van der Waals surface area contributed by atoms with Gasteiger partial charge in [0, 0.05) is 26.4 Å². The molecule has 0 aromatic heterocycles. The molecule has 0 radical (unpaired) electrons. The van der Waals surface area contributed by atoms with E-state index in [1.54, 1.807) is 24.0 Å². The van der Waals surface area contributed by atoms with Crippen LogP contribution in [0.5, 0.6) is 0 Å². The molecule has 1 heterocycles. The van der Waals surface area contributed by atoms with Crippen molar-refractivity contribution in [3.8, 4) is 11.1 Å². The van der Waals surface area contributed by atoms with Gasteiger partial charge in [0.15, 0.2) is 0 Å². The number of rotatable bonds is 4. The Morgan fingerprint density at radius 1 is 1.08 bits per heavy atom. The minimum atomic E-state index is -0.439. The third kappa shape index (κ3) is 4.48. The van der Waals surface area contributed by atoms with Gasteiger partial charge < -0.3 is 10.2 Å². The van der Waals surface area contributed by atoms with Gasteiger partial charge in [0.2, 0.25) is 11.8 Å². The zero-order valence-electron chi connectivity index (χ0n) is 14.9. The second kappa shape index (κ2) is 8.13. The Morgan fingerprint density at radius 3 is 2.38 bits per heavy atom. The molecule has 4 nitrogen and oxygen atoms in total. The van der Waals surface area contributed by atoms with Crippen LogP contribution in [-0.2, 0) is 9.59 Å². The van der Waals surface area contributed by atoms with Crippen molar-refractivity contribution in [1.29, 1.82) is 0 Å². The van der Waals surface area contributed by atoms with Crippen molar-refractivity contribution in [1.82, 2.24) is 4.90 Å². The lowest BCUT2D eigenvalue weighted by Gasteiger charge is -2.30. The van der Waals surface area contributed by atoms with E-state index in [0.717, 1.165) is 24.0 Å². The Morgan fingerprint density at radius 2 is 1.77 bits per heavy atom. The van der Waals surface area contributed by atoms with Gasteiger partial charge >= 0.3 is 0 Å². The molecule has 2 aromatic rings. The number of halogens is 1. The maximum atomic E-state index is 14.4. The highest BCUT2D eigenvalue weighted by molar-refractivity contribution is 5.91. The molecular weight excluding hydrogens is 331 g/mol. The van der Waals surface area contributed by atoms with Gasteiger partial charge in [-0.1, -0.05) is 36.4 Å². The average Bonchev–Trinajstić information content (AvgIpc) is 2.64. The van der Waals surface area contributed by atoms with Crippen molar-refractivity contribution in [3.05, 3.63) is 54.3 Å². The summed E-state index contributed by atoms with van der Waals surface area (Å²) in [5.74, 6) is -0.311. The smallest absolute Gasteiger partial charge is 0.224 e. The zero-order valence-corrected chi connectivity index (χ0v) is 14.9. The second-order valence-electron chi connectivity index (χ2n) is 6.76. The molecule has 0 unspecified atom stereocenters. The molecule has 0 aliphatic carbocycles. The number of nitrogens with zero attached hydrogens (tertiary/aromatic N) is 1. The molecule has 0 spiro atoms. The van der Waals surface area contributed by atoms with E-state index in [-0.39, 0.29) is 23.4 Å². The van der Waals surface area contributed by atoms with Crippen molar-refractivity contribution >= 4 is 17.5 Å². The van der Waals surface area contributed by atoms with E-state index in [2.05, 4.69) is 5.32 Å². The summed E-state index contributed by atoms with van der Waals surface area (Å²) >= 11 is 0. The molecule has 26 heavy (non-hydrogen) atoms. The van der Waals surface area contributed by atoms with E-state index in [1.165, 1.54) is 6.07 Å². The summed E-state index contributed by atoms with van der Waals surface area (Å²) in [4.78, 5) is 25.4. The van der Waals surface area contributed by atoms with E-state index in [0.29, 0.717) is 19.5 Å². The Balaban J connectivity index is 1.57. The van der Waals surface area contributed by atoms with Crippen molar-refractivity contribution < 1.29 is 14.0 Å². The molecule has 1 aliphatic rings. The number of amides is 2. The normalized spacial score (nSPS) is 14.9. The number of anilines is 1. The SMILES string of the molecule is CC(=O)N1CCC(CC(=O)Nc2ccc(-c3ccccc3)cc2F)CC1. The van der Waals surface area contributed by atoms with Crippen molar-refractivity contribution in [2.45, 2.75) is 26.2 Å². The number of hydrogen-bond donors (Lipinski definition) is 1. The fraction of sp³-hybridized carbons (Fsp3) is 0.333. The van der Waals surface area contributed by atoms with Crippen molar-refractivity contribution in [2.24, 2.45) is 5.92 Å². The number of carbonyl (C=O) groups excluding carboxylic acids is 2. The second-order valence-corrected chi connectivity index (χ2v) is 6.76. The number of benzene rings is 2. The predicted octanol–water partition coefficient (Wildman–Crippen LogP) is 4.08. The summed E-state index contributed by atoms with van der Waals surface area (Å²) in [6.07, 6.45) is 1.97. The third-order valence-corrected chi connectivity index (χ3v) is 4.88. The molecular formula is C21H23FN2O2. The first-order valence-electron chi connectivity index (χ1n) is 8.93. The maximum absolute atomic E-state index is 14.4. The van der Waals surface area contributed by atoms with Gasteiger partial charge in [-0.15, -0.1) is 0 Å². The number of carbonyl (C=O) groups is 2. The lowest BCUT2D eigenvalue weighted by Crippen LogP contribution is -2.37. The quantitative estimate of drug-likeness (QED) is 0.899. The van der Waals surface area contributed by atoms with Gasteiger partial charge in [0.25, 0.3) is 0 Å². The Hall–Kier alpha value is -2.69. The van der Waals surface area contributed by atoms with Crippen LogP contribution in [0, 0.1) is 11.7 Å². The van der Waals surface area contributed by atoms with Crippen LogP contribution in [0.1, 0.15) is 26.2 Å². The van der Waals surface area contributed by atoms with Crippen molar-refractivity contribution in [2.75, 3.05) is 18.4 Å². The Kier molecular flexibility index (Phi) is 5.66. The predicted molar refractivity (Wildman–Crippen MR) is 100 cm³/mol. The van der Waals surface area contributed by atoms with E-state index in [4.69, 9.17) is 0 Å². The third-order valence-electron chi connectivity index (χ3n) is 4.88. The molecule has 0 atom stereocenters. The lowest BCUT2D eigenvalue weighted by atomic mass is 9.93. The zero-order chi connectivity index (χ0) is 18.5. The highest BCUT2D eigenvalue weighted by atomic mass is 19.1. The largest absolute Gasteiger partial charge is 0.343 e. The fourth-order valence-electron chi connectivity index (χ4n) is 3.34. The molecule has 1 N–H and O–H groups in total. The molecule has 2 amide bonds. The van der Waals surface area contributed by atoms with E-state index in [9.17, 15) is 14.0 Å². The number of hydrogen-bond acceptors (Lipinski definition) is 2. The van der Waals surface area contributed by atoms with Gasteiger partial charge in [-0.25, -0.2) is 4.39 Å². The van der Waals surface area contributed by atoms with Crippen LogP contribution in [0.25, 0.3) is 11.1 Å². The standard InChI is InChI=1S/C21H23FN2O2/c1-15(25)24-11-9-16(10-12-24)13-21(26)23-20-8-7-18(14-19(20)22)17-5-3-2-4-6-17/h2-8,14,16H,9-13H2,1H3,(H,23,26). The molecule has 2 aromatic carbocycles. The topological polar surface area (TPSA) is 49.4 Å². The van der Waals surface area contributed by atoms with Crippen LogP contribution in [0.15, 0.2) is 48.5 Å². The van der Waals surface area contributed by atoms with Crippen LogP contribution < -0.4 is 5.32 Å². The monoisotopic (exact) mass is 354 g/mol. The summed E-state index contributed by atoms with van der Waals surface area (Å²) < 4.78 is 14.4. The number of nitrogens with one attached hydrogen (secondary N) is 1. The summed E-state index contributed by atoms with van der Waals surface area (Å²) in [6.45, 7) is 2.94. The van der Waals surface area contributed by atoms with Crippen molar-refractivity contribution in [3.63, 3.8) is 0 Å². The summed E-state index contributed by atoms with van der Waals surface area (Å²) in [7, 11) is 0. The minimum absolute atomic E-state index is 0.0773. The summed E-state index contributed by atoms with van der Waals surface area (Å²) in [5, 5.41) is 2.68. The molecule has 3 rings (SSSR count).